The number of carbonyl (C=O) groups is 1. The van der Waals surface area contributed by atoms with E-state index in [0.29, 0.717) is 18.8 Å². The van der Waals surface area contributed by atoms with Gasteiger partial charge in [-0.15, -0.1) is 0 Å². The number of carbonyl (C=O) groups excluding carboxylic acids is 1. The SMILES string of the molecule is CCc1ccc(CN(C)C(=O)c2cc(CN3CCN(CC)CC3)on2)cc1. The zero-order valence-corrected chi connectivity index (χ0v) is 16.6. The summed E-state index contributed by atoms with van der Waals surface area (Å²) in [7, 11) is 1.80. The van der Waals surface area contributed by atoms with Crippen molar-refractivity contribution in [2.45, 2.75) is 33.4 Å². The van der Waals surface area contributed by atoms with Crippen LogP contribution in [0.5, 0.6) is 0 Å². The van der Waals surface area contributed by atoms with Crippen LogP contribution in [0.4, 0.5) is 0 Å². The predicted octanol–water partition coefficient (Wildman–Crippen LogP) is 2.65. The van der Waals surface area contributed by atoms with Crippen molar-refractivity contribution >= 4 is 5.91 Å². The zero-order chi connectivity index (χ0) is 19.2. The lowest BCUT2D eigenvalue weighted by molar-refractivity contribution is 0.0774. The van der Waals surface area contributed by atoms with Crippen molar-refractivity contribution in [3.05, 3.63) is 52.9 Å². The molecule has 27 heavy (non-hydrogen) atoms. The lowest BCUT2D eigenvalue weighted by Gasteiger charge is -2.33. The highest BCUT2D eigenvalue weighted by molar-refractivity contribution is 5.92. The number of aromatic nitrogens is 1. The van der Waals surface area contributed by atoms with E-state index < -0.39 is 0 Å². The Bertz CT molecular complexity index is 733. The van der Waals surface area contributed by atoms with Gasteiger partial charge in [0, 0.05) is 45.8 Å². The largest absolute Gasteiger partial charge is 0.359 e. The molecule has 1 aliphatic rings. The van der Waals surface area contributed by atoms with E-state index in [1.165, 1.54) is 5.56 Å². The van der Waals surface area contributed by atoms with Gasteiger partial charge in [0.1, 0.15) is 0 Å². The summed E-state index contributed by atoms with van der Waals surface area (Å²) in [5.41, 5.74) is 2.79. The van der Waals surface area contributed by atoms with Crippen molar-refractivity contribution in [3.8, 4) is 0 Å². The zero-order valence-electron chi connectivity index (χ0n) is 16.6. The Kier molecular flexibility index (Phi) is 6.63. The maximum absolute atomic E-state index is 12.6. The van der Waals surface area contributed by atoms with E-state index in [1.807, 2.05) is 0 Å². The topological polar surface area (TPSA) is 52.8 Å². The van der Waals surface area contributed by atoms with E-state index in [9.17, 15) is 4.79 Å². The number of benzene rings is 1. The second-order valence-electron chi connectivity index (χ2n) is 7.22. The van der Waals surface area contributed by atoms with Crippen LogP contribution in [0.2, 0.25) is 0 Å². The highest BCUT2D eigenvalue weighted by Crippen LogP contribution is 2.13. The number of hydrogen-bond acceptors (Lipinski definition) is 5. The van der Waals surface area contributed by atoms with Crippen molar-refractivity contribution in [2.75, 3.05) is 39.8 Å². The van der Waals surface area contributed by atoms with Gasteiger partial charge in [-0.1, -0.05) is 43.3 Å². The van der Waals surface area contributed by atoms with Crippen molar-refractivity contribution in [2.24, 2.45) is 0 Å². The fourth-order valence-electron chi connectivity index (χ4n) is 3.39. The van der Waals surface area contributed by atoms with Gasteiger partial charge in [0.25, 0.3) is 5.91 Å². The highest BCUT2D eigenvalue weighted by Gasteiger charge is 2.20. The van der Waals surface area contributed by atoms with Gasteiger partial charge in [-0.05, 0) is 24.1 Å². The fraction of sp³-hybridized carbons (Fsp3) is 0.524. The summed E-state index contributed by atoms with van der Waals surface area (Å²) in [6.45, 7) is 10.9. The average Bonchev–Trinajstić information content (AvgIpc) is 3.17. The third-order valence-electron chi connectivity index (χ3n) is 5.27. The first-order chi connectivity index (χ1) is 13.1. The highest BCUT2D eigenvalue weighted by atomic mass is 16.5. The van der Waals surface area contributed by atoms with E-state index in [0.717, 1.165) is 50.5 Å². The van der Waals surface area contributed by atoms with Crippen molar-refractivity contribution in [3.63, 3.8) is 0 Å². The number of rotatable bonds is 7. The second kappa shape index (κ2) is 9.15. The van der Waals surface area contributed by atoms with Crippen LogP contribution in [-0.4, -0.2) is 65.5 Å². The smallest absolute Gasteiger partial charge is 0.276 e. The molecule has 0 radical (unpaired) electrons. The monoisotopic (exact) mass is 370 g/mol. The second-order valence-corrected chi connectivity index (χ2v) is 7.22. The Hall–Kier alpha value is -2.18. The van der Waals surface area contributed by atoms with Crippen molar-refractivity contribution < 1.29 is 9.32 Å². The first kappa shape index (κ1) is 19.6. The number of hydrogen-bond donors (Lipinski definition) is 0. The molecule has 0 saturated carbocycles. The van der Waals surface area contributed by atoms with Gasteiger partial charge >= 0.3 is 0 Å². The first-order valence-corrected chi connectivity index (χ1v) is 9.82. The molecule has 0 aliphatic carbocycles. The van der Waals surface area contributed by atoms with Crippen LogP contribution in [-0.2, 0) is 19.5 Å². The lowest BCUT2D eigenvalue weighted by Crippen LogP contribution is -2.45. The predicted molar refractivity (Wildman–Crippen MR) is 106 cm³/mol. The van der Waals surface area contributed by atoms with Gasteiger partial charge in [-0.25, -0.2) is 0 Å². The number of amides is 1. The number of aryl methyl sites for hydroxylation is 1. The number of likely N-dealkylation sites (N-methyl/N-ethyl adjacent to an activating group) is 1. The normalized spacial score (nSPS) is 15.8. The van der Waals surface area contributed by atoms with E-state index in [1.54, 1.807) is 18.0 Å². The van der Waals surface area contributed by atoms with E-state index in [4.69, 9.17) is 4.52 Å². The molecule has 0 unspecified atom stereocenters. The minimum Gasteiger partial charge on any atom is -0.359 e. The maximum atomic E-state index is 12.6. The van der Waals surface area contributed by atoms with Gasteiger partial charge in [-0.3, -0.25) is 9.69 Å². The molecule has 0 bridgehead atoms. The molecule has 1 aromatic heterocycles. The third kappa shape index (κ3) is 5.17. The molecule has 1 amide bonds. The average molecular weight is 370 g/mol. The Morgan fingerprint density at radius 1 is 1.07 bits per heavy atom. The molecule has 2 aromatic rings. The van der Waals surface area contributed by atoms with Crippen LogP contribution < -0.4 is 0 Å². The van der Waals surface area contributed by atoms with Gasteiger partial charge in [0.05, 0.1) is 6.54 Å². The van der Waals surface area contributed by atoms with Gasteiger partial charge in [0.15, 0.2) is 11.5 Å². The number of nitrogens with zero attached hydrogens (tertiary/aromatic N) is 4. The van der Waals surface area contributed by atoms with Crippen LogP contribution >= 0.6 is 0 Å². The Morgan fingerprint density at radius 3 is 2.33 bits per heavy atom. The summed E-state index contributed by atoms with van der Waals surface area (Å²) >= 11 is 0. The molecule has 146 valence electrons. The van der Waals surface area contributed by atoms with Gasteiger partial charge in [0.2, 0.25) is 0 Å². The minimum absolute atomic E-state index is 0.111. The van der Waals surface area contributed by atoms with Crippen LogP contribution in [0.15, 0.2) is 34.9 Å². The van der Waals surface area contributed by atoms with E-state index >= 15 is 0 Å². The molecule has 0 atom stereocenters. The summed E-state index contributed by atoms with van der Waals surface area (Å²) in [5.74, 6) is 0.643. The van der Waals surface area contributed by atoms with Crippen LogP contribution in [0.1, 0.15) is 41.2 Å². The van der Waals surface area contributed by atoms with Crippen molar-refractivity contribution in [1.29, 1.82) is 0 Å². The quantitative estimate of drug-likeness (QED) is 0.750. The molecule has 1 saturated heterocycles. The summed E-state index contributed by atoms with van der Waals surface area (Å²) in [6.07, 6.45) is 1.02. The van der Waals surface area contributed by atoms with Crippen LogP contribution in [0.3, 0.4) is 0 Å². The molecule has 3 rings (SSSR count). The minimum atomic E-state index is -0.111. The molecule has 1 fully saturated rings. The number of piperazine rings is 1. The summed E-state index contributed by atoms with van der Waals surface area (Å²) in [4.78, 5) is 19.1. The lowest BCUT2D eigenvalue weighted by atomic mass is 10.1. The molecule has 6 heteroatoms. The van der Waals surface area contributed by atoms with Gasteiger partial charge < -0.3 is 14.3 Å². The Morgan fingerprint density at radius 2 is 1.70 bits per heavy atom. The van der Waals surface area contributed by atoms with Crippen molar-refractivity contribution in [1.82, 2.24) is 19.9 Å². The van der Waals surface area contributed by atoms with Crippen LogP contribution in [0.25, 0.3) is 0 Å². The van der Waals surface area contributed by atoms with Crippen LogP contribution in [0, 0.1) is 0 Å². The summed E-state index contributed by atoms with van der Waals surface area (Å²) < 4.78 is 5.42. The van der Waals surface area contributed by atoms with E-state index in [-0.39, 0.29) is 5.91 Å². The summed E-state index contributed by atoms with van der Waals surface area (Å²) in [5, 5.41) is 4.00. The standard InChI is InChI=1S/C21H30N4O2/c1-4-17-6-8-18(9-7-17)15-23(3)21(26)20-14-19(27-22-20)16-25-12-10-24(5-2)11-13-25/h6-9,14H,4-5,10-13,15-16H2,1-3H3. The molecule has 0 spiro atoms. The Balaban J connectivity index is 1.54. The molecule has 6 nitrogen and oxygen atoms in total. The Labute approximate surface area is 161 Å². The fourth-order valence-corrected chi connectivity index (χ4v) is 3.39. The van der Waals surface area contributed by atoms with Gasteiger partial charge in [-0.2, -0.15) is 0 Å². The summed E-state index contributed by atoms with van der Waals surface area (Å²) in [6, 6.07) is 10.2. The molecule has 1 aliphatic heterocycles. The first-order valence-electron chi connectivity index (χ1n) is 9.82. The molecule has 1 aromatic carbocycles. The van der Waals surface area contributed by atoms with E-state index in [2.05, 4.69) is 53.1 Å². The maximum Gasteiger partial charge on any atom is 0.276 e. The third-order valence-corrected chi connectivity index (χ3v) is 5.27. The molecule has 0 N–H and O–H groups in total. The molecular formula is C21H30N4O2. The molecular weight excluding hydrogens is 340 g/mol. The molecule has 2 heterocycles.